The number of nitrogens with two attached hydrogens (primary N) is 1. The molecule has 0 unspecified atom stereocenters. The minimum atomic E-state index is -0.191. The Morgan fingerprint density at radius 2 is 1.32 bits per heavy atom. The van der Waals surface area contributed by atoms with Gasteiger partial charge in [-0.15, -0.1) is 0 Å². The third kappa shape index (κ3) is 2.53. The second-order valence-corrected chi connectivity index (χ2v) is 7.83. The van der Waals surface area contributed by atoms with Crippen molar-refractivity contribution in [3.8, 4) is 0 Å². The van der Waals surface area contributed by atoms with Gasteiger partial charge in [0.1, 0.15) is 0 Å². The second kappa shape index (κ2) is 6.36. The summed E-state index contributed by atoms with van der Waals surface area (Å²) >= 11 is 1.50. The van der Waals surface area contributed by atoms with Crippen LogP contribution in [0.15, 0.2) is 88.7 Å². The fourth-order valence-electron chi connectivity index (χ4n) is 3.68. The number of nitrogen functional groups attached to an aromatic ring is 1. The van der Waals surface area contributed by atoms with Crippen molar-refractivity contribution < 1.29 is 9.59 Å². The Morgan fingerprint density at radius 1 is 0.643 bits per heavy atom. The van der Waals surface area contributed by atoms with E-state index in [2.05, 4.69) is 24.3 Å². The summed E-state index contributed by atoms with van der Waals surface area (Å²) in [4.78, 5) is 28.0. The molecule has 1 aliphatic rings. The molecule has 0 heterocycles. The lowest BCUT2D eigenvalue weighted by Crippen LogP contribution is -2.23. The van der Waals surface area contributed by atoms with Crippen molar-refractivity contribution in [2.24, 2.45) is 0 Å². The lowest BCUT2D eigenvalue weighted by atomic mass is 9.83. The van der Waals surface area contributed by atoms with Crippen LogP contribution in [0.4, 0.5) is 5.69 Å². The predicted molar refractivity (Wildman–Crippen MR) is 112 cm³/mol. The maximum absolute atomic E-state index is 13.2. The minimum absolute atomic E-state index is 0.152. The zero-order valence-electron chi connectivity index (χ0n) is 14.8. The second-order valence-electron chi connectivity index (χ2n) is 6.72. The SMILES string of the molecule is Nc1cccc2c1C(=O)c1cccc(Sc3ccc4ccccc4c3)c1C2=O. The summed E-state index contributed by atoms with van der Waals surface area (Å²) in [5.41, 5.74) is 7.90. The lowest BCUT2D eigenvalue weighted by molar-refractivity contribution is 0.0977. The molecule has 3 nitrogen and oxygen atoms in total. The molecule has 0 radical (unpaired) electrons. The van der Waals surface area contributed by atoms with Gasteiger partial charge in [-0.25, -0.2) is 0 Å². The van der Waals surface area contributed by atoms with Crippen LogP contribution in [0.1, 0.15) is 31.8 Å². The van der Waals surface area contributed by atoms with Crippen molar-refractivity contribution >= 4 is 39.8 Å². The third-order valence-electron chi connectivity index (χ3n) is 5.02. The predicted octanol–water partition coefficient (Wildman–Crippen LogP) is 5.35. The highest BCUT2D eigenvalue weighted by Crippen LogP contribution is 2.39. The van der Waals surface area contributed by atoms with Crippen molar-refractivity contribution in [1.82, 2.24) is 0 Å². The van der Waals surface area contributed by atoms with Crippen LogP contribution in [0, 0.1) is 0 Å². The van der Waals surface area contributed by atoms with E-state index in [-0.39, 0.29) is 11.6 Å². The van der Waals surface area contributed by atoms with E-state index in [9.17, 15) is 9.59 Å². The van der Waals surface area contributed by atoms with E-state index in [4.69, 9.17) is 5.73 Å². The van der Waals surface area contributed by atoms with E-state index in [1.807, 2.05) is 30.3 Å². The Kier molecular flexibility index (Phi) is 3.81. The Bertz CT molecular complexity index is 1290. The molecule has 0 spiro atoms. The van der Waals surface area contributed by atoms with Crippen LogP contribution in [0.3, 0.4) is 0 Å². The van der Waals surface area contributed by atoms with Crippen LogP contribution in [-0.4, -0.2) is 11.6 Å². The molecule has 0 fully saturated rings. The summed E-state index contributed by atoms with van der Waals surface area (Å²) in [5, 5.41) is 2.30. The molecule has 5 rings (SSSR count). The Labute approximate surface area is 166 Å². The molecule has 28 heavy (non-hydrogen) atoms. The number of hydrogen-bond acceptors (Lipinski definition) is 4. The normalized spacial score (nSPS) is 12.7. The monoisotopic (exact) mass is 381 g/mol. The van der Waals surface area contributed by atoms with Gasteiger partial charge in [0, 0.05) is 32.2 Å². The fourth-order valence-corrected chi connectivity index (χ4v) is 4.71. The van der Waals surface area contributed by atoms with Gasteiger partial charge in [0.15, 0.2) is 11.6 Å². The van der Waals surface area contributed by atoms with Crippen LogP contribution in [0.5, 0.6) is 0 Å². The molecule has 4 aromatic rings. The van der Waals surface area contributed by atoms with Crippen LogP contribution < -0.4 is 5.73 Å². The molecule has 0 aliphatic heterocycles. The smallest absolute Gasteiger partial charge is 0.196 e. The first-order chi connectivity index (χ1) is 13.6. The first-order valence-electron chi connectivity index (χ1n) is 8.91. The number of fused-ring (bicyclic) bond motifs is 3. The molecule has 4 heteroatoms. The summed E-state index contributed by atoms with van der Waals surface area (Å²) in [5.74, 6) is -0.343. The molecule has 0 amide bonds. The Balaban J connectivity index is 1.63. The van der Waals surface area contributed by atoms with Crippen LogP contribution in [0.2, 0.25) is 0 Å². The topological polar surface area (TPSA) is 60.2 Å². The van der Waals surface area contributed by atoms with E-state index >= 15 is 0 Å². The molecule has 0 atom stereocenters. The Hall–Kier alpha value is -3.37. The molecular formula is C24H15NO2S. The van der Waals surface area contributed by atoms with Crippen LogP contribution in [-0.2, 0) is 0 Å². The quantitative estimate of drug-likeness (QED) is 0.419. The van der Waals surface area contributed by atoms with Gasteiger partial charge in [0.2, 0.25) is 0 Å². The Morgan fingerprint density at radius 3 is 2.14 bits per heavy atom. The third-order valence-corrected chi connectivity index (χ3v) is 6.06. The van der Waals surface area contributed by atoms with Crippen LogP contribution in [0.25, 0.3) is 10.8 Å². The summed E-state index contributed by atoms with van der Waals surface area (Å²) in [6, 6.07) is 24.8. The minimum Gasteiger partial charge on any atom is -0.398 e. The lowest BCUT2D eigenvalue weighted by Gasteiger charge is -2.21. The van der Waals surface area contributed by atoms with Crippen molar-refractivity contribution in [2.45, 2.75) is 9.79 Å². The summed E-state index contributed by atoms with van der Waals surface area (Å²) in [6.07, 6.45) is 0. The molecule has 0 saturated carbocycles. The molecule has 0 aromatic heterocycles. The van der Waals surface area contributed by atoms with Gasteiger partial charge in [-0.3, -0.25) is 9.59 Å². The van der Waals surface area contributed by atoms with Crippen LogP contribution >= 0.6 is 11.8 Å². The van der Waals surface area contributed by atoms with E-state index in [0.29, 0.717) is 27.9 Å². The molecular weight excluding hydrogens is 366 g/mol. The van der Waals surface area contributed by atoms with Gasteiger partial charge in [-0.1, -0.05) is 66.4 Å². The van der Waals surface area contributed by atoms with Gasteiger partial charge in [-0.05, 0) is 35.0 Å². The number of ketones is 2. The summed E-state index contributed by atoms with van der Waals surface area (Å²) in [7, 11) is 0. The maximum Gasteiger partial charge on any atom is 0.196 e. The molecule has 1 aliphatic carbocycles. The number of hydrogen-bond donors (Lipinski definition) is 1. The van der Waals surface area contributed by atoms with Crippen molar-refractivity contribution in [3.05, 3.63) is 101 Å². The average molecular weight is 381 g/mol. The van der Waals surface area contributed by atoms with Gasteiger partial charge in [0.25, 0.3) is 0 Å². The number of carbonyl (C=O) groups is 2. The number of anilines is 1. The first kappa shape index (κ1) is 16.8. The zero-order chi connectivity index (χ0) is 19.3. The molecule has 4 aromatic carbocycles. The number of benzene rings is 4. The molecule has 134 valence electrons. The summed E-state index contributed by atoms with van der Waals surface area (Å²) < 4.78 is 0. The average Bonchev–Trinajstić information content (AvgIpc) is 2.72. The highest BCUT2D eigenvalue weighted by molar-refractivity contribution is 7.99. The maximum atomic E-state index is 13.2. The molecule has 2 N–H and O–H groups in total. The molecule has 0 saturated heterocycles. The van der Waals surface area contributed by atoms with Gasteiger partial charge in [-0.2, -0.15) is 0 Å². The van der Waals surface area contributed by atoms with Gasteiger partial charge in [0.05, 0.1) is 5.56 Å². The number of carbonyl (C=O) groups excluding carboxylic acids is 2. The van der Waals surface area contributed by atoms with Crippen molar-refractivity contribution in [3.63, 3.8) is 0 Å². The largest absolute Gasteiger partial charge is 0.398 e. The zero-order valence-corrected chi connectivity index (χ0v) is 15.6. The highest BCUT2D eigenvalue weighted by Gasteiger charge is 2.33. The first-order valence-corrected chi connectivity index (χ1v) is 9.73. The van der Waals surface area contributed by atoms with Crippen molar-refractivity contribution in [2.75, 3.05) is 5.73 Å². The van der Waals surface area contributed by atoms with Gasteiger partial charge < -0.3 is 5.73 Å². The van der Waals surface area contributed by atoms with Gasteiger partial charge >= 0.3 is 0 Å². The standard InChI is InChI=1S/C24H15NO2S/c25-19-9-3-7-17-21(19)23(26)18-8-4-10-20(22(18)24(17)27)28-16-12-11-14-5-1-2-6-15(14)13-16/h1-13H,25H2. The van der Waals surface area contributed by atoms with Crippen molar-refractivity contribution in [1.29, 1.82) is 0 Å². The van der Waals surface area contributed by atoms with E-state index in [1.54, 1.807) is 24.3 Å². The number of rotatable bonds is 2. The summed E-state index contributed by atoms with van der Waals surface area (Å²) in [6.45, 7) is 0. The molecule has 0 bridgehead atoms. The fraction of sp³-hybridized carbons (Fsp3) is 0. The van der Waals surface area contributed by atoms with E-state index in [1.165, 1.54) is 11.8 Å². The van der Waals surface area contributed by atoms with E-state index in [0.717, 1.165) is 20.6 Å². The van der Waals surface area contributed by atoms with E-state index < -0.39 is 0 Å². The highest BCUT2D eigenvalue weighted by atomic mass is 32.2.